The molecule has 0 atom stereocenters. The number of anilines is 1. The second-order valence-corrected chi connectivity index (χ2v) is 8.53. The highest BCUT2D eigenvalue weighted by Crippen LogP contribution is 2.40. The largest absolute Gasteiger partial charge is 0.495 e. The average molecular weight is 440 g/mol. The Labute approximate surface area is 187 Å². The molecule has 2 amide bonds. The third-order valence-electron chi connectivity index (χ3n) is 5.91. The van der Waals surface area contributed by atoms with Gasteiger partial charge in [-0.1, -0.05) is 35.4 Å². The second kappa shape index (κ2) is 8.36. The first-order valence-corrected chi connectivity index (χ1v) is 10.7. The third kappa shape index (κ3) is 3.82. The molecular weight excluding hydrogens is 414 g/mol. The molecule has 0 radical (unpaired) electrons. The Balaban J connectivity index is 1.88. The fraction of sp³-hybridized carbons (Fsp3) is 0.333. The number of ether oxygens (including phenoxy) is 1. The molecule has 162 valence electrons. The zero-order valence-electron chi connectivity index (χ0n) is 18.2. The monoisotopic (exact) mass is 439 g/mol. The number of hydrogen-bond donors (Lipinski definition) is 0. The van der Waals surface area contributed by atoms with Gasteiger partial charge in [-0.25, -0.2) is 4.90 Å². The van der Waals surface area contributed by atoms with E-state index in [9.17, 15) is 9.59 Å². The van der Waals surface area contributed by atoms with Crippen LogP contribution in [0, 0.1) is 13.8 Å². The number of benzene rings is 2. The molecule has 6 nitrogen and oxygen atoms in total. The summed E-state index contributed by atoms with van der Waals surface area (Å²) in [4.78, 5) is 32.9. The molecule has 0 aliphatic carbocycles. The number of aryl methyl sites for hydroxylation is 2. The highest BCUT2D eigenvalue weighted by molar-refractivity contribution is 6.46. The van der Waals surface area contributed by atoms with Gasteiger partial charge in [0.15, 0.2) is 0 Å². The number of carbonyl (C=O) groups excluding carboxylic acids is 2. The Hall–Kier alpha value is -2.83. The molecule has 0 bridgehead atoms. The SMILES string of the molecule is COc1ccc(Cl)cc1N1C(=O)C(c2ccc(C)cc2C)=C(N2CCN(C)CC2)C1=O. The van der Waals surface area contributed by atoms with Crippen molar-refractivity contribution >= 4 is 34.7 Å². The fourth-order valence-corrected chi connectivity index (χ4v) is 4.40. The van der Waals surface area contributed by atoms with Crippen molar-refractivity contribution in [3.8, 4) is 5.75 Å². The van der Waals surface area contributed by atoms with Crippen LogP contribution in [0.15, 0.2) is 42.1 Å². The maximum atomic E-state index is 13.8. The Morgan fingerprint density at radius 3 is 2.29 bits per heavy atom. The number of hydrogen-bond acceptors (Lipinski definition) is 5. The van der Waals surface area contributed by atoms with Crippen LogP contribution in [0.5, 0.6) is 5.75 Å². The van der Waals surface area contributed by atoms with Crippen molar-refractivity contribution in [3.63, 3.8) is 0 Å². The Bertz CT molecular complexity index is 1090. The van der Waals surface area contributed by atoms with E-state index >= 15 is 0 Å². The number of carbonyl (C=O) groups is 2. The predicted octanol–water partition coefficient (Wildman–Crippen LogP) is 3.50. The maximum absolute atomic E-state index is 13.8. The molecule has 2 aliphatic heterocycles. The normalized spacial score (nSPS) is 17.7. The molecule has 4 rings (SSSR count). The molecule has 2 aliphatic rings. The summed E-state index contributed by atoms with van der Waals surface area (Å²) >= 11 is 6.21. The van der Waals surface area contributed by atoms with Gasteiger partial charge in [0, 0.05) is 31.2 Å². The Morgan fingerprint density at radius 1 is 0.935 bits per heavy atom. The standard InChI is InChI=1S/C24H26ClN3O3/c1-15-5-7-18(16(2)13-15)21-22(27-11-9-26(3)10-12-27)24(30)28(23(21)29)19-14-17(25)6-8-20(19)31-4/h5-8,13-14H,9-12H2,1-4H3. The number of halogens is 1. The first-order valence-electron chi connectivity index (χ1n) is 10.3. The van der Waals surface area contributed by atoms with E-state index in [1.165, 1.54) is 12.0 Å². The summed E-state index contributed by atoms with van der Waals surface area (Å²) in [5.74, 6) is -0.276. The van der Waals surface area contributed by atoms with Gasteiger partial charge in [-0.2, -0.15) is 0 Å². The molecule has 0 N–H and O–H groups in total. The number of rotatable bonds is 4. The van der Waals surface area contributed by atoms with Crippen molar-refractivity contribution in [1.82, 2.24) is 9.80 Å². The smallest absolute Gasteiger partial charge is 0.282 e. The van der Waals surface area contributed by atoms with Crippen molar-refractivity contribution in [2.75, 3.05) is 45.2 Å². The number of likely N-dealkylation sites (N-methyl/N-ethyl adjacent to an activating group) is 1. The molecule has 31 heavy (non-hydrogen) atoms. The van der Waals surface area contributed by atoms with E-state index in [1.807, 2.05) is 36.9 Å². The van der Waals surface area contributed by atoms with Gasteiger partial charge in [0.2, 0.25) is 0 Å². The lowest BCUT2D eigenvalue weighted by Crippen LogP contribution is -2.46. The summed E-state index contributed by atoms with van der Waals surface area (Å²) in [6.07, 6.45) is 0. The lowest BCUT2D eigenvalue weighted by molar-refractivity contribution is -0.120. The van der Waals surface area contributed by atoms with Crippen LogP contribution in [0.1, 0.15) is 16.7 Å². The van der Waals surface area contributed by atoms with Gasteiger partial charge >= 0.3 is 0 Å². The Kier molecular flexibility index (Phi) is 5.77. The van der Waals surface area contributed by atoms with Crippen LogP contribution in [0.2, 0.25) is 5.02 Å². The van der Waals surface area contributed by atoms with Crippen molar-refractivity contribution in [1.29, 1.82) is 0 Å². The molecule has 0 unspecified atom stereocenters. The van der Waals surface area contributed by atoms with Gasteiger partial charge in [0.05, 0.1) is 18.4 Å². The zero-order chi connectivity index (χ0) is 22.3. The number of imide groups is 1. The van der Waals surface area contributed by atoms with E-state index in [0.29, 0.717) is 40.8 Å². The van der Waals surface area contributed by atoms with Gasteiger partial charge < -0.3 is 14.5 Å². The number of methoxy groups -OCH3 is 1. The number of nitrogens with zero attached hydrogens (tertiary/aromatic N) is 3. The quantitative estimate of drug-likeness (QED) is 0.682. The maximum Gasteiger partial charge on any atom is 0.282 e. The Morgan fingerprint density at radius 2 is 1.65 bits per heavy atom. The van der Waals surface area contributed by atoms with Gasteiger partial charge in [-0.05, 0) is 50.2 Å². The van der Waals surface area contributed by atoms with Crippen LogP contribution in [0.4, 0.5) is 5.69 Å². The van der Waals surface area contributed by atoms with E-state index in [4.69, 9.17) is 16.3 Å². The van der Waals surface area contributed by atoms with Crippen molar-refractivity contribution in [3.05, 3.63) is 63.8 Å². The van der Waals surface area contributed by atoms with E-state index in [-0.39, 0.29) is 11.8 Å². The van der Waals surface area contributed by atoms with Gasteiger partial charge in [0.25, 0.3) is 11.8 Å². The van der Waals surface area contributed by atoms with Crippen molar-refractivity contribution < 1.29 is 14.3 Å². The van der Waals surface area contributed by atoms with Gasteiger partial charge in [-0.3, -0.25) is 9.59 Å². The molecule has 2 aromatic rings. The zero-order valence-corrected chi connectivity index (χ0v) is 19.0. The van der Waals surface area contributed by atoms with Gasteiger partial charge in [-0.15, -0.1) is 0 Å². The van der Waals surface area contributed by atoms with E-state index in [1.54, 1.807) is 18.2 Å². The second-order valence-electron chi connectivity index (χ2n) is 8.09. The van der Waals surface area contributed by atoms with Crippen LogP contribution in [0.25, 0.3) is 5.57 Å². The summed E-state index contributed by atoms with van der Waals surface area (Å²) in [5, 5.41) is 0.428. The molecule has 2 aromatic carbocycles. The lowest BCUT2D eigenvalue weighted by atomic mass is 9.97. The average Bonchev–Trinajstić information content (AvgIpc) is 2.98. The van der Waals surface area contributed by atoms with Crippen LogP contribution in [-0.4, -0.2) is 62.0 Å². The first kappa shape index (κ1) is 21.4. The van der Waals surface area contributed by atoms with E-state index in [0.717, 1.165) is 29.8 Å². The third-order valence-corrected chi connectivity index (χ3v) is 6.15. The molecular formula is C24H26ClN3O3. The summed E-state index contributed by atoms with van der Waals surface area (Å²) in [6.45, 7) is 6.99. The minimum atomic E-state index is -0.355. The van der Waals surface area contributed by atoms with Gasteiger partial charge in [0.1, 0.15) is 11.4 Å². The first-order chi connectivity index (χ1) is 14.8. The van der Waals surface area contributed by atoms with E-state index in [2.05, 4.69) is 11.9 Å². The number of piperazine rings is 1. The predicted molar refractivity (Wildman–Crippen MR) is 122 cm³/mol. The fourth-order valence-electron chi connectivity index (χ4n) is 4.24. The molecule has 0 spiro atoms. The minimum absolute atomic E-state index is 0.343. The lowest BCUT2D eigenvalue weighted by Gasteiger charge is -2.34. The summed E-state index contributed by atoms with van der Waals surface area (Å²) in [7, 11) is 3.57. The van der Waals surface area contributed by atoms with Crippen LogP contribution in [-0.2, 0) is 9.59 Å². The summed E-state index contributed by atoms with van der Waals surface area (Å²) in [6, 6.07) is 10.9. The topological polar surface area (TPSA) is 53.1 Å². The molecule has 1 saturated heterocycles. The molecule has 7 heteroatoms. The molecule has 0 aromatic heterocycles. The molecule has 0 saturated carbocycles. The highest BCUT2D eigenvalue weighted by Gasteiger charge is 2.44. The van der Waals surface area contributed by atoms with Crippen LogP contribution in [0.3, 0.4) is 0 Å². The summed E-state index contributed by atoms with van der Waals surface area (Å²) < 4.78 is 5.44. The number of amides is 2. The van der Waals surface area contributed by atoms with Crippen molar-refractivity contribution in [2.45, 2.75) is 13.8 Å². The van der Waals surface area contributed by atoms with Crippen molar-refractivity contribution in [2.24, 2.45) is 0 Å². The van der Waals surface area contributed by atoms with E-state index < -0.39 is 0 Å². The minimum Gasteiger partial charge on any atom is -0.495 e. The van der Waals surface area contributed by atoms with Crippen LogP contribution >= 0.6 is 11.6 Å². The summed E-state index contributed by atoms with van der Waals surface area (Å²) in [5.41, 5.74) is 4.09. The molecule has 1 fully saturated rings. The molecule has 2 heterocycles. The highest BCUT2D eigenvalue weighted by atomic mass is 35.5. The van der Waals surface area contributed by atoms with Crippen LogP contribution < -0.4 is 9.64 Å².